The maximum atomic E-state index is 10.9. The molecule has 4 N–H and O–H groups in total. The van der Waals surface area contributed by atoms with Gasteiger partial charge in [-0.25, -0.2) is 8.42 Å². The molecule has 8 nitrogen and oxygen atoms in total. The van der Waals surface area contributed by atoms with Gasteiger partial charge in [0.1, 0.15) is 24.4 Å². The Balaban J connectivity index is 2.44. The maximum absolute atomic E-state index is 10.9. The van der Waals surface area contributed by atoms with E-state index in [1.807, 2.05) is 0 Å². The first kappa shape index (κ1) is 17.1. The van der Waals surface area contributed by atoms with Gasteiger partial charge in [0.2, 0.25) is 0 Å². The van der Waals surface area contributed by atoms with Gasteiger partial charge in [0.05, 0.1) is 13.2 Å². The molecule has 10 heteroatoms. The number of rotatable bonds is 6. The summed E-state index contributed by atoms with van der Waals surface area (Å²) in [7, 11) is -2.49. The lowest BCUT2D eigenvalue weighted by Gasteiger charge is -2.39. The Morgan fingerprint density at radius 3 is 2.37 bits per heavy atom. The van der Waals surface area contributed by atoms with Crippen LogP contribution in [-0.4, -0.2) is 84.8 Å². The molecule has 0 amide bonds. The predicted molar refractivity (Wildman–Crippen MR) is 67.0 cm³/mol. The first-order chi connectivity index (χ1) is 8.76. The van der Waals surface area contributed by atoms with Gasteiger partial charge in [-0.2, -0.15) is 0 Å². The number of aliphatic hydroxyl groups excluding tert-OH is 4. The summed E-state index contributed by atoms with van der Waals surface area (Å²) in [6, 6.07) is 0. The van der Waals surface area contributed by atoms with Gasteiger partial charge in [0.15, 0.2) is 15.2 Å². The SMILES string of the molecule is CS(=O)(=O)SCCO[C@@H]1O[C@H](CO)[C@@H](O)[C@H](O)[C@H]1O. The van der Waals surface area contributed by atoms with Gasteiger partial charge in [-0.15, -0.1) is 0 Å². The van der Waals surface area contributed by atoms with Crippen LogP contribution in [0.15, 0.2) is 0 Å². The van der Waals surface area contributed by atoms with Crippen LogP contribution in [0.5, 0.6) is 0 Å². The lowest BCUT2D eigenvalue weighted by atomic mass is 9.99. The Morgan fingerprint density at radius 2 is 1.84 bits per heavy atom. The van der Waals surface area contributed by atoms with Crippen molar-refractivity contribution in [3.63, 3.8) is 0 Å². The molecule has 1 heterocycles. The average molecular weight is 318 g/mol. The van der Waals surface area contributed by atoms with Crippen molar-refractivity contribution in [2.24, 2.45) is 0 Å². The van der Waals surface area contributed by atoms with Crippen LogP contribution in [0.3, 0.4) is 0 Å². The highest BCUT2D eigenvalue weighted by Crippen LogP contribution is 2.22. The first-order valence-corrected chi connectivity index (χ1v) is 8.92. The monoisotopic (exact) mass is 318 g/mol. The van der Waals surface area contributed by atoms with Crippen LogP contribution in [0, 0.1) is 0 Å². The van der Waals surface area contributed by atoms with Gasteiger partial charge >= 0.3 is 0 Å². The second-order valence-electron chi connectivity index (χ2n) is 4.09. The number of hydrogen-bond donors (Lipinski definition) is 4. The third kappa shape index (κ3) is 5.16. The molecule has 19 heavy (non-hydrogen) atoms. The molecule has 0 aromatic carbocycles. The molecule has 1 aliphatic rings. The zero-order valence-electron chi connectivity index (χ0n) is 10.2. The maximum Gasteiger partial charge on any atom is 0.198 e. The Hall–Kier alpha value is 0.0600. The molecule has 0 saturated carbocycles. The number of ether oxygens (including phenoxy) is 2. The van der Waals surface area contributed by atoms with Crippen LogP contribution in [0.1, 0.15) is 0 Å². The van der Waals surface area contributed by atoms with E-state index in [1.165, 1.54) is 0 Å². The molecule has 0 aliphatic carbocycles. The molecule has 0 spiro atoms. The van der Waals surface area contributed by atoms with E-state index < -0.39 is 46.2 Å². The van der Waals surface area contributed by atoms with E-state index in [-0.39, 0.29) is 12.4 Å². The van der Waals surface area contributed by atoms with Gasteiger partial charge in [-0.05, 0) is 10.8 Å². The summed E-state index contributed by atoms with van der Waals surface area (Å²) in [6.45, 7) is -0.566. The van der Waals surface area contributed by atoms with Crippen LogP contribution in [0.25, 0.3) is 0 Å². The molecular formula is C9H18O8S2. The van der Waals surface area contributed by atoms with Crippen molar-refractivity contribution >= 4 is 19.7 Å². The Morgan fingerprint density at radius 1 is 1.21 bits per heavy atom. The molecule has 5 atom stereocenters. The van der Waals surface area contributed by atoms with Crippen molar-refractivity contribution in [3.8, 4) is 0 Å². The smallest absolute Gasteiger partial charge is 0.198 e. The molecular weight excluding hydrogens is 300 g/mol. The van der Waals surface area contributed by atoms with Gasteiger partial charge in [-0.1, -0.05) is 0 Å². The third-order valence-electron chi connectivity index (χ3n) is 2.51. The molecule has 1 aliphatic heterocycles. The van der Waals surface area contributed by atoms with Crippen molar-refractivity contribution in [1.82, 2.24) is 0 Å². The molecule has 0 unspecified atom stereocenters. The zero-order valence-corrected chi connectivity index (χ0v) is 11.9. The molecule has 114 valence electrons. The summed E-state index contributed by atoms with van der Waals surface area (Å²) in [5, 5.41) is 37.6. The fourth-order valence-corrected chi connectivity index (χ4v) is 3.13. The summed E-state index contributed by atoms with van der Waals surface area (Å²) in [5.74, 6) is 0.133. The Labute approximate surface area is 114 Å². The van der Waals surface area contributed by atoms with Crippen molar-refractivity contribution in [2.75, 3.05) is 25.2 Å². The van der Waals surface area contributed by atoms with Crippen molar-refractivity contribution in [2.45, 2.75) is 30.7 Å². The molecule has 0 aromatic heterocycles. The molecule has 0 aromatic rings. The minimum Gasteiger partial charge on any atom is -0.394 e. The second kappa shape index (κ2) is 7.18. The molecule has 0 radical (unpaired) electrons. The normalized spacial score (nSPS) is 36.4. The standard InChI is InChI=1S/C9H18O8S2/c1-19(14,15)18-3-2-16-9-8(13)7(12)6(11)5(4-10)17-9/h5-13H,2-4H2,1H3/t5-,6-,7+,8-,9-/m1/s1. The quantitative estimate of drug-likeness (QED) is 0.309. The van der Waals surface area contributed by atoms with E-state index in [9.17, 15) is 23.7 Å². The Bertz CT molecular complexity index is 370. The third-order valence-corrected chi connectivity index (χ3v) is 5.06. The van der Waals surface area contributed by atoms with Crippen molar-refractivity contribution < 1.29 is 38.3 Å². The topological polar surface area (TPSA) is 134 Å². The van der Waals surface area contributed by atoms with Crippen molar-refractivity contribution in [3.05, 3.63) is 0 Å². The van der Waals surface area contributed by atoms with Gasteiger partial charge < -0.3 is 29.9 Å². The molecule has 0 bridgehead atoms. The van der Waals surface area contributed by atoms with E-state index >= 15 is 0 Å². The first-order valence-electron chi connectivity index (χ1n) is 5.53. The highest BCUT2D eigenvalue weighted by molar-refractivity contribution is 8.71. The van der Waals surface area contributed by atoms with E-state index in [2.05, 4.69) is 0 Å². The van der Waals surface area contributed by atoms with Crippen LogP contribution in [0.4, 0.5) is 0 Å². The minimum absolute atomic E-state index is 0.0274. The fraction of sp³-hybridized carbons (Fsp3) is 1.00. The van der Waals surface area contributed by atoms with Crippen molar-refractivity contribution in [1.29, 1.82) is 0 Å². The van der Waals surface area contributed by atoms with E-state index in [4.69, 9.17) is 14.6 Å². The van der Waals surface area contributed by atoms with Crippen LogP contribution in [-0.2, 0) is 18.3 Å². The number of hydrogen-bond acceptors (Lipinski definition) is 9. The second-order valence-corrected chi connectivity index (χ2v) is 8.67. The van der Waals surface area contributed by atoms with E-state index in [1.54, 1.807) is 0 Å². The van der Waals surface area contributed by atoms with Gasteiger partial charge in [0.25, 0.3) is 0 Å². The fourth-order valence-electron chi connectivity index (χ4n) is 1.55. The summed E-state index contributed by atoms with van der Waals surface area (Å²) >= 11 is 0. The largest absolute Gasteiger partial charge is 0.394 e. The summed E-state index contributed by atoms with van der Waals surface area (Å²) < 4.78 is 31.9. The lowest BCUT2D eigenvalue weighted by Crippen LogP contribution is -2.59. The number of aliphatic hydroxyl groups is 4. The van der Waals surface area contributed by atoms with Crippen LogP contribution < -0.4 is 0 Å². The molecule has 1 fully saturated rings. The average Bonchev–Trinajstić information content (AvgIpc) is 2.33. The van der Waals surface area contributed by atoms with E-state index in [0.717, 1.165) is 6.26 Å². The van der Waals surface area contributed by atoms with Gasteiger partial charge in [-0.3, -0.25) is 0 Å². The lowest BCUT2D eigenvalue weighted by molar-refractivity contribution is -0.299. The predicted octanol–water partition coefficient (Wildman–Crippen LogP) is -2.50. The van der Waals surface area contributed by atoms with E-state index in [0.29, 0.717) is 10.8 Å². The molecule has 1 rings (SSSR count). The molecule has 1 saturated heterocycles. The Kier molecular flexibility index (Phi) is 6.47. The highest BCUT2D eigenvalue weighted by Gasteiger charge is 2.43. The summed E-state index contributed by atoms with van der Waals surface area (Å²) in [5.41, 5.74) is 0. The van der Waals surface area contributed by atoms with Crippen LogP contribution in [0.2, 0.25) is 0 Å². The summed E-state index contributed by atoms with van der Waals surface area (Å²) in [4.78, 5) is 0. The highest BCUT2D eigenvalue weighted by atomic mass is 33.1. The van der Waals surface area contributed by atoms with Gasteiger partial charge in [0, 0.05) is 12.0 Å². The minimum atomic E-state index is -3.17. The zero-order chi connectivity index (χ0) is 14.6. The summed E-state index contributed by atoms with van der Waals surface area (Å²) in [6.07, 6.45) is -5.61. The van der Waals surface area contributed by atoms with Crippen LogP contribution >= 0.6 is 10.8 Å².